The first-order chi connectivity index (χ1) is 7.36. The highest BCUT2D eigenvalue weighted by molar-refractivity contribution is 5.93. The van der Waals surface area contributed by atoms with Crippen molar-refractivity contribution < 1.29 is 27.2 Å². The molecule has 1 amide bonds. The lowest BCUT2D eigenvalue weighted by Gasteiger charge is -2.09. The van der Waals surface area contributed by atoms with Crippen LogP contribution < -0.4 is 5.48 Å². The first kappa shape index (κ1) is 12.4. The standard InChI is InChI=1S/C9H7F4NO2/c1-16-14-8(15)5-2-3-7(10)6(4-5)9(11,12)13/h2-4H,1H3,(H,14,15). The Hall–Kier alpha value is -1.63. The molecular formula is C9H7F4NO2. The Morgan fingerprint density at radius 1 is 1.38 bits per heavy atom. The number of hydroxylamine groups is 1. The lowest BCUT2D eigenvalue weighted by Crippen LogP contribution is -2.22. The first-order valence-electron chi connectivity index (χ1n) is 4.06. The monoisotopic (exact) mass is 237 g/mol. The summed E-state index contributed by atoms with van der Waals surface area (Å²) < 4.78 is 49.7. The van der Waals surface area contributed by atoms with E-state index in [-0.39, 0.29) is 5.56 Å². The maximum atomic E-state index is 12.8. The fourth-order valence-corrected chi connectivity index (χ4v) is 1.04. The van der Waals surface area contributed by atoms with E-state index in [2.05, 4.69) is 4.84 Å². The zero-order chi connectivity index (χ0) is 12.3. The Bertz CT molecular complexity index is 403. The summed E-state index contributed by atoms with van der Waals surface area (Å²) in [6.07, 6.45) is -4.84. The van der Waals surface area contributed by atoms with Gasteiger partial charge >= 0.3 is 6.18 Å². The third-order valence-electron chi connectivity index (χ3n) is 1.73. The minimum absolute atomic E-state index is 0.337. The van der Waals surface area contributed by atoms with E-state index >= 15 is 0 Å². The van der Waals surface area contributed by atoms with Gasteiger partial charge in [-0.1, -0.05) is 0 Å². The van der Waals surface area contributed by atoms with E-state index in [0.717, 1.165) is 13.2 Å². The van der Waals surface area contributed by atoms with Crippen molar-refractivity contribution in [1.82, 2.24) is 5.48 Å². The van der Waals surface area contributed by atoms with Gasteiger partial charge in [-0.2, -0.15) is 13.2 Å². The van der Waals surface area contributed by atoms with Gasteiger partial charge in [-0.3, -0.25) is 9.63 Å². The van der Waals surface area contributed by atoms with Gasteiger partial charge in [0.05, 0.1) is 12.7 Å². The van der Waals surface area contributed by atoms with Gasteiger partial charge in [0, 0.05) is 5.56 Å². The molecule has 1 N–H and O–H groups in total. The molecule has 0 heterocycles. The van der Waals surface area contributed by atoms with Crippen LogP contribution in [-0.4, -0.2) is 13.0 Å². The maximum absolute atomic E-state index is 12.8. The van der Waals surface area contributed by atoms with Crippen LogP contribution in [0.25, 0.3) is 0 Å². The zero-order valence-electron chi connectivity index (χ0n) is 8.06. The van der Waals surface area contributed by atoms with Crippen LogP contribution in [-0.2, 0) is 11.0 Å². The molecule has 0 spiro atoms. The average molecular weight is 237 g/mol. The number of alkyl halides is 3. The molecule has 0 radical (unpaired) electrons. The molecule has 0 aliphatic rings. The van der Waals surface area contributed by atoms with E-state index in [1.54, 1.807) is 0 Å². The van der Waals surface area contributed by atoms with E-state index in [1.807, 2.05) is 5.48 Å². The topological polar surface area (TPSA) is 38.3 Å². The summed E-state index contributed by atoms with van der Waals surface area (Å²) in [5.74, 6) is -2.31. The number of halogens is 4. The summed E-state index contributed by atoms with van der Waals surface area (Å²) in [6.45, 7) is 0. The number of hydrogen-bond donors (Lipinski definition) is 1. The van der Waals surface area contributed by atoms with Gasteiger partial charge < -0.3 is 0 Å². The van der Waals surface area contributed by atoms with E-state index in [0.29, 0.717) is 12.1 Å². The maximum Gasteiger partial charge on any atom is 0.419 e. The Morgan fingerprint density at radius 3 is 2.50 bits per heavy atom. The number of carbonyl (C=O) groups excluding carboxylic acids is 1. The second kappa shape index (κ2) is 4.48. The molecule has 3 nitrogen and oxygen atoms in total. The largest absolute Gasteiger partial charge is 0.419 e. The van der Waals surface area contributed by atoms with Gasteiger partial charge in [0.2, 0.25) is 0 Å². The van der Waals surface area contributed by atoms with Crippen LogP contribution in [0.3, 0.4) is 0 Å². The third kappa shape index (κ3) is 2.69. The van der Waals surface area contributed by atoms with Crippen LogP contribution >= 0.6 is 0 Å². The van der Waals surface area contributed by atoms with Gasteiger partial charge in [0.1, 0.15) is 5.82 Å². The van der Waals surface area contributed by atoms with E-state index < -0.39 is 23.5 Å². The van der Waals surface area contributed by atoms with Crippen molar-refractivity contribution >= 4 is 5.91 Å². The fourth-order valence-electron chi connectivity index (χ4n) is 1.04. The number of benzene rings is 1. The number of rotatable bonds is 2. The normalized spacial score (nSPS) is 11.3. The second-order valence-electron chi connectivity index (χ2n) is 2.83. The lowest BCUT2D eigenvalue weighted by molar-refractivity contribution is -0.140. The molecule has 7 heteroatoms. The van der Waals surface area contributed by atoms with Gasteiger partial charge in [-0.25, -0.2) is 9.87 Å². The molecular weight excluding hydrogens is 230 g/mol. The molecule has 1 aromatic carbocycles. The summed E-state index contributed by atoms with van der Waals surface area (Å²) in [4.78, 5) is 15.3. The van der Waals surface area contributed by atoms with Crippen molar-refractivity contribution in [3.05, 3.63) is 35.1 Å². The van der Waals surface area contributed by atoms with Gasteiger partial charge in [0.15, 0.2) is 0 Å². The van der Waals surface area contributed by atoms with Crippen LogP contribution in [0, 0.1) is 5.82 Å². The molecule has 0 atom stereocenters. The van der Waals surface area contributed by atoms with Crippen molar-refractivity contribution in [2.75, 3.05) is 7.11 Å². The van der Waals surface area contributed by atoms with Crippen LogP contribution in [0.15, 0.2) is 18.2 Å². The minimum atomic E-state index is -4.84. The third-order valence-corrected chi connectivity index (χ3v) is 1.73. The van der Waals surface area contributed by atoms with Crippen molar-refractivity contribution in [3.63, 3.8) is 0 Å². The number of nitrogens with one attached hydrogen (secondary N) is 1. The van der Waals surface area contributed by atoms with E-state index in [9.17, 15) is 22.4 Å². The molecule has 0 saturated carbocycles. The number of carbonyl (C=O) groups is 1. The highest BCUT2D eigenvalue weighted by Gasteiger charge is 2.34. The molecule has 1 aromatic rings. The predicted octanol–water partition coefficient (Wildman–Crippen LogP) is 2.14. The molecule has 0 aliphatic carbocycles. The van der Waals surface area contributed by atoms with Crippen molar-refractivity contribution in [2.24, 2.45) is 0 Å². The Labute approximate surface area is 88.0 Å². The summed E-state index contributed by atoms with van der Waals surface area (Å²) in [5.41, 5.74) is 0.00419. The summed E-state index contributed by atoms with van der Waals surface area (Å²) in [6, 6.07) is 1.93. The molecule has 0 bridgehead atoms. The van der Waals surface area contributed by atoms with E-state index in [4.69, 9.17) is 0 Å². The quantitative estimate of drug-likeness (QED) is 0.632. The molecule has 0 fully saturated rings. The van der Waals surface area contributed by atoms with Crippen molar-refractivity contribution in [1.29, 1.82) is 0 Å². The molecule has 16 heavy (non-hydrogen) atoms. The lowest BCUT2D eigenvalue weighted by atomic mass is 10.1. The Balaban J connectivity index is 3.13. The smallest absolute Gasteiger partial charge is 0.277 e. The van der Waals surface area contributed by atoms with Crippen LogP contribution in [0.4, 0.5) is 17.6 Å². The summed E-state index contributed by atoms with van der Waals surface area (Å²) in [5, 5.41) is 0. The Morgan fingerprint density at radius 2 is 2.00 bits per heavy atom. The summed E-state index contributed by atoms with van der Waals surface area (Å²) in [7, 11) is 1.13. The molecule has 88 valence electrons. The minimum Gasteiger partial charge on any atom is -0.277 e. The first-order valence-corrected chi connectivity index (χ1v) is 4.06. The fraction of sp³-hybridized carbons (Fsp3) is 0.222. The highest BCUT2D eigenvalue weighted by atomic mass is 19.4. The van der Waals surface area contributed by atoms with Crippen molar-refractivity contribution in [2.45, 2.75) is 6.18 Å². The van der Waals surface area contributed by atoms with Crippen LogP contribution in [0.2, 0.25) is 0 Å². The number of amides is 1. The average Bonchev–Trinajstić information content (AvgIpc) is 2.16. The zero-order valence-corrected chi connectivity index (χ0v) is 8.06. The molecule has 0 unspecified atom stereocenters. The second-order valence-corrected chi connectivity index (χ2v) is 2.83. The SMILES string of the molecule is CONC(=O)c1ccc(F)c(C(F)(F)F)c1. The van der Waals surface area contributed by atoms with Crippen molar-refractivity contribution in [3.8, 4) is 0 Å². The molecule has 0 saturated heterocycles. The molecule has 0 aliphatic heterocycles. The highest BCUT2D eigenvalue weighted by Crippen LogP contribution is 2.31. The van der Waals surface area contributed by atoms with E-state index in [1.165, 1.54) is 0 Å². The summed E-state index contributed by atoms with van der Waals surface area (Å²) >= 11 is 0. The Kier molecular flexibility index (Phi) is 3.48. The van der Waals surface area contributed by atoms with Crippen LogP contribution in [0.1, 0.15) is 15.9 Å². The van der Waals surface area contributed by atoms with Crippen LogP contribution in [0.5, 0.6) is 0 Å². The van der Waals surface area contributed by atoms with Gasteiger partial charge in [-0.05, 0) is 18.2 Å². The molecule has 0 aromatic heterocycles. The predicted molar refractivity (Wildman–Crippen MR) is 45.9 cm³/mol. The molecule has 1 rings (SSSR count). The van der Waals surface area contributed by atoms with Gasteiger partial charge in [0.25, 0.3) is 5.91 Å². The van der Waals surface area contributed by atoms with Gasteiger partial charge in [-0.15, -0.1) is 0 Å². The number of hydrogen-bond acceptors (Lipinski definition) is 2.